The van der Waals surface area contributed by atoms with Crippen molar-refractivity contribution in [1.29, 1.82) is 0 Å². The molecule has 0 atom stereocenters. The first-order valence-corrected chi connectivity index (χ1v) is 8.02. The number of amides is 1. The van der Waals surface area contributed by atoms with Crippen molar-refractivity contribution >= 4 is 12.3 Å². The highest BCUT2D eigenvalue weighted by Crippen LogP contribution is 2.08. The summed E-state index contributed by atoms with van der Waals surface area (Å²) in [6.45, 7) is 6.61. The van der Waals surface area contributed by atoms with Gasteiger partial charge < -0.3 is 10.1 Å². The van der Waals surface area contributed by atoms with Crippen LogP contribution < -0.4 is 5.32 Å². The number of benzene rings is 2. The number of hydrogen-bond donors (Lipinski definition) is 1. The summed E-state index contributed by atoms with van der Waals surface area (Å²) < 4.78 is 5.21. The third-order valence-electron chi connectivity index (χ3n) is 3.17. The van der Waals surface area contributed by atoms with Gasteiger partial charge in [-0.25, -0.2) is 4.79 Å². The molecule has 0 heterocycles. The molecule has 4 heteroatoms. The Kier molecular flexibility index (Phi) is 6.13. The molecule has 24 heavy (non-hydrogen) atoms. The van der Waals surface area contributed by atoms with Gasteiger partial charge >= 0.3 is 6.09 Å². The molecule has 0 bridgehead atoms. The van der Waals surface area contributed by atoms with Gasteiger partial charge in [0.25, 0.3) is 0 Å². The van der Waals surface area contributed by atoms with Crippen LogP contribution in [0.4, 0.5) is 4.79 Å². The molecule has 0 radical (unpaired) electrons. The Morgan fingerprint density at radius 3 is 2.29 bits per heavy atom. The summed E-state index contributed by atoms with van der Waals surface area (Å²) in [6, 6.07) is 18.0. The van der Waals surface area contributed by atoms with Crippen LogP contribution in [0, 0.1) is 0 Å². The number of carbonyl (C=O) groups is 1. The third kappa shape index (κ3) is 6.65. The number of ether oxygens (including phenoxy) is 1. The summed E-state index contributed by atoms with van der Waals surface area (Å²) in [5.41, 5.74) is 2.76. The molecule has 0 spiro atoms. The second-order valence-electron chi connectivity index (χ2n) is 6.55. The molecule has 2 rings (SSSR count). The molecule has 0 aliphatic heterocycles. The Morgan fingerprint density at radius 2 is 1.67 bits per heavy atom. The van der Waals surface area contributed by atoms with Crippen LogP contribution in [0.5, 0.6) is 0 Å². The number of nitrogens with zero attached hydrogens (tertiary/aromatic N) is 1. The highest BCUT2D eigenvalue weighted by molar-refractivity contribution is 5.79. The van der Waals surface area contributed by atoms with E-state index in [1.165, 1.54) is 0 Å². The molecular weight excluding hydrogens is 300 g/mol. The molecule has 0 aliphatic carbocycles. The molecule has 0 saturated carbocycles. The van der Waals surface area contributed by atoms with Crippen LogP contribution >= 0.6 is 0 Å². The van der Waals surface area contributed by atoms with Gasteiger partial charge in [-0.2, -0.15) is 0 Å². The number of alkyl carbamates (subject to hydrolysis) is 1. The van der Waals surface area contributed by atoms with Crippen molar-refractivity contribution in [1.82, 2.24) is 5.32 Å². The van der Waals surface area contributed by atoms with Gasteiger partial charge in [-0.1, -0.05) is 54.6 Å². The van der Waals surface area contributed by atoms with Crippen molar-refractivity contribution < 1.29 is 9.53 Å². The van der Waals surface area contributed by atoms with Gasteiger partial charge in [0.05, 0.1) is 6.54 Å². The van der Waals surface area contributed by atoms with E-state index in [2.05, 4.69) is 10.3 Å². The summed E-state index contributed by atoms with van der Waals surface area (Å²) >= 11 is 0. The van der Waals surface area contributed by atoms with Crippen LogP contribution in [0.15, 0.2) is 59.6 Å². The standard InChI is InChI=1S/C20H24N2O2/c1-20(2,3)24-19(23)22-15-18-11-9-17(10-12-18)14-21-13-16-7-5-4-6-8-16/h4-13H,14-15H2,1-3H3,(H,22,23). The fourth-order valence-electron chi connectivity index (χ4n) is 2.05. The molecule has 0 saturated heterocycles. The predicted octanol–water partition coefficient (Wildman–Crippen LogP) is 4.33. The maximum atomic E-state index is 11.6. The van der Waals surface area contributed by atoms with Crippen molar-refractivity contribution in [2.45, 2.75) is 39.5 Å². The van der Waals surface area contributed by atoms with Gasteiger partial charge in [0.2, 0.25) is 0 Å². The topological polar surface area (TPSA) is 50.7 Å². The first-order chi connectivity index (χ1) is 11.4. The summed E-state index contributed by atoms with van der Waals surface area (Å²) in [5.74, 6) is 0. The minimum atomic E-state index is -0.481. The Balaban J connectivity index is 1.80. The summed E-state index contributed by atoms with van der Waals surface area (Å²) in [4.78, 5) is 16.1. The first kappa shape index (κ1) is 17.7. The Labute approximate surface area is 143 Å². The van der Waals surface area contributed by atoms with Gasteiger partial charge in [-0.05, 0) is 37.5 Å². The fraction of sp³-hybridized carbons (Fsp3) is 0.300. The molecule has 0 aliphatic rings. The molecule has 126 valence electrons. The average molecular weight is 324 g/mol. The van der Waals surface area contributed by atoms with Gasteiger partial charge in [0.1, 0.15) is 5.60 Å². The normalized spacial score (nSPS) is 11.5. The van der Waals surface area contributed by atoms with Crippen LogP contribution in [0.2, 0.25) is 0 Å². The average Bonchev–Trinajstić information content (AvgIpc) is 2.53. The van der Waals surface area contributed by atoms with Crippen molar-refractivity contribution in [3.8, 4) is 0 Å². The Bertz CT molecular complexity index is 671. The minimum absolute atomic E-state index is 0.404. The van der Waals surface area contributed by atoms with Crippen LogP contribution in [-0.4, -0.2) is 17.9 Å². The molecule has 0 unspecified atom stereocenters. The van der Waals surface area contributed by atoms with Crippen LogP contribution in [0.25, 0.3) is 0 Å². The SMILES string of the molecule is CC(C)(C)OC(=O)NCc1ccc(CN=Cc2ccccc2)cc1. The zero-order chi connectivity index (χ0) is 17.4. The number of carbonyl (C=O) groups excluding carboxylic acids is 1. The molecule has 2 aromatic carbocycles. The summed E-state index contributed by atoms with van der Waals surface area (Å²) in [5, 5.41) is 2.75. The second-order valence-corrected chi connectivity index (χ2v) is 6.55. The minimum Gasteiger partial charge on any atom is -0.444 e. The zero-order valence-corrected chi connectivity index (χ0v) is 14.5. The smallest absolute Gasteiger partial charge is 0.407 e. The van der Waals surface area contributed by atoms with Crippen LogP contribution in [-0.2, 0) is 17.8 Å². The van der Waals surface area contributed by atoms with E-state index < -0.39 is 11.7 Å². The lowest BCUT2D eigenvalue weighted by molar-refractivity contribution is 0.0523. The molecule has 1 amide bonds. The van der Waals surface area contributed by atoms with E-state index >= 15 is 0 Å². The molecule has 0 fully saturated rings. The highest BCUT2D eigenvalue weighted by atomic mass is 16.6. The second kappa shape index (κ2) is 8.29. The van der Waals surface area contributed by atoms with E-state index in [9.17, 15) is 4.79 Å². The van der Waals surface area contributed by atoms with Gasteiger partial charge in [0, 0.05) is 12.8 Å². The van der Waals surface area contributed by atoms with Crippen molar-refractivity contribution in [2.24, 2.45) is 4.99 Å². The molecule has 1 N–H and O–H groups in total. The van der Waals surface area contributed by atoms with E-state index in [0.29, 0.717) is 13.1 Å². The van der Waals surface area contributed by atoms with E-state index in [0.717, 1.165) is 16.7 Å². The Hall–Kier alpha value is -2.62. The zero-order valence-electron chi connectivity index (χ0n) is 14.5. The predicted molar refractivity (Wildman–Crippen MR) is 97.3 cm³/mol. The van der Waals surface area contributed by atoms with Gasteiger partial charge in [0.15, 0.2) is 0 Å². The number of rotatable bonds is 5. The monoisotopic (exact) mass is 324 g/mol. The lowest BCUT2D eigenvalue weighted by Gasteiger charge is -2.19. The quantitative estimate of drug-likeness (QED) is 0.832. The third-order valence-corrected chi connectivity index (χ3v) is 3.17. The van der Waals surface area contributed by atoms with Crippen molar-refractivity contribution in [3.63, 3.8) is 0 Å². The molecule has 0 aromatic heterocycles. The molecule has 2 aromatic rings. The number of aliphatic imine (C=N–C) groups is 1. The van der Waals surface area contributed by atoms with Gasteiger partial charge in [-0.15, -0.1) is 0 Å². The van der Waals surface area contributed by atoms with E-state index in [4.69, 9.17) is 4.74 Å². The summed E-state index contributed by atoms with van der Waals surface area (Å²) in [6.07, 6.45) is 1.47. The van der Waals surface area contributed by atoms with E-state index in [-0.39, 0.29) is 0 Å². The van der Waals surface area contributed by atoms with E-state index in [1.807, 2.05) is 81.6 Å². The van der Waals surface area contributed by atoms with Gasteiger partial charge in [-0.3, -0.25) is 4.99 Å². The van der Waals surface area contributed by atoms with Crippen molar-refractivity contribution in [2.75, 3.05) is 0 Å². The maximum Gasteiger partial charge on any atom is 0.407 e. The lowest BCUT2D eigenvalue weighted by atomic mass is 10.1. The highest BCUT2D eigenvalue weighted by Gasteiger charge is 2.15. The van der Waals surface area contributed by atoms with Crippen molar-refractivity contribution in [3.05, 3.63) is 71.3 Å². The maximum absolute atomic E-state index is 11.6. The number of nitrogens with one attached hydrogen (secondary N) is 1. The van der Waals surface area contributed by atoms with Crippen LogP contribution in [0.3, 0.4) is 0 Å². The lowest BCUT2D eigenvalue weighted by Crippen LogP contribution is -2.32. The first-order valence-electron chi connectivity index (χ1n) is 8.02. The van der Waals surface area contributed by atoms with Crippen LogP contribution in [0.1, 0.15) is 37.5 Å². The molecular formula is C20H24N2O2. The summed E-state index contributed by atoms with van der Waals surface area (Å²) in [7, 11) is 0. The largest absolute Gasteiger partial charge is 0.444 e. The number of hydrogen-bond acceptors (Lipinski definition) is 3. The van der Waals surface area contributed by atoms with E-state index in [1.54, 1.807) is 0 Å². The molecule has 4 nitrogen and oxygen atoms in total. The fourth-order valence-corrected chi connectivity index (χ4v) is 2.05. The Morgan fingerprint density at radius 1 is 1.04 bits per heavy atom.